The van der Waals surface area contributed by atoms with Crippen molar-refractivity contribution in [2.24, 2.45) is 0 Å². The Morgan fingerprint density at radius 3 is 2.37 bits per heavy atom. The Labute approximate surface area is 166 Å². The summed E-state index contributed by atoms with van der Waals surface area (Å²) >= 11 is 0. The molecule has 1 atom stereocenters. The smallest absolute Gasteiger partial charge is 0.259 e. The van der Waals surface area contributed by atoms with Crippen molar-refractivity contribution < 1.29 is 13.8 Å². The van der Waals surface area contributed by atoms with Gasteiger partial charge in [-0.1, -0.05) is 31.6 Å². The molecule has 0 aromatic heterocycles. The maximum Gasteiger partial charge on any atom is 0.259 e. The number of unbranched alkanes of at least 4 members (excludes halogenated alkanes) is 3. The lowest BCUT2D eigenvalue weighted by Gasteiger charge is -2.35. The number of rotatable bonds is 16. The molecule has 0 aliphatic carbocycles. The largest absolute Gasteiger partial charge is 0.353 e. The average Bonchev–Trinajstić information content (AvgIpc) is 2.61. The third kappa shape index (κ3) is 13.5. The third-order valence-corrected chi connectivity index (χ3v) is 5.73. The molecule has 6 nitrogen and oxygen atoms in total. The van der Waals surface area contributed by atoms with Crippen LogP contribution in [0.5, 0.6) is 0 Å². The van der Waals surface area contributed by atoms with Crippen LogP contribution in [0.1, 0.15) is 59.8 Å². The summed E-state index contributed by atoms with van der Waals surface area (Å²) in [6, 6.07) is 2.74. The molecule has 1 amide bonds. The van der Waals surface area contributed by atoms with Crippen molar-refractivity contribution in [1.82, 2.24) is 9.99 Å². The minimum absolute atomic E-state index is 0.0825. The van der Waals surface area contributed by atoms with Gasteiger partial charge in [0.05, 0.1) is 25.7 Å². The molecule has 0 fully saturated rings. The number of carbonyl (C=O) groups is 1. The van der Waals surface area contributed by atoms with Gasteiger partial charge >= 0.3 is 0 Å². The van der Waals surface area contributed by atoms with Crippen LogP contribution >= 0.6 is 8.53 Å². The number of allylic oxidation sites excluding steroid dienone is 2. The number of hydrogen-bond donors (Lipinski definition) is 1. The molecule has 0 heterocycles. The fourth-order valence-electron chi connectivity index (χ4n) is 2.46. The standard InChI is InChI=1S/C20H36N3O3P/c1-6-7-13-20(24)22-15-10-8-9-11-16-25-27(26-17-12-14-21)23(18(2)3)19(4)5/h6-7,13,18-19H,1,8-12,15-17H2,2-5H3,(H,22,24)/b13-7+. The predicted octanol–water partition coefficient (Wildman–Crippen LogP) is 4.70. The summed E-state index contributed by atoms with van der Waals surface area (Å²) < 4.78 is 14.1. The zero-order chi connectivity index (χ0) is 20.5. The Bertz CT molecular complexity index is 468. The quantitative estimate of drug-likeness (QED) is 0.177. The van der Waals surface area contributed by atoms with Crippen LogP contribution in [0, 0.1) is 11.3 Å². The molecule has 0 bridgehead atoms. The highest BCUT2D eigenvalue weighted by molar-refractivity contribution is 7.44. The van der Waals surface area contributed by atoms with Crippen molar-refractivity contribution in [3.05, 3.63) is 24.8 Å². The number of nitrogens with zero attached hydrogens (tertiary/aromatic N) is 2. The van der Waals surface area contributed by atoms with Gasteiger partial charge in [-0.3, -0.25) is 4.79 Å². The maximum atomic E-state index is 11.4. The van der Waals surface area contributed by atoms with Crippen molar-refractivity contribution in [3.63, 3.8) is 0 Å². The number of nitriles is 1. The summed E-state index contributed by atoms with van der Waals surface area (Å²) in [4.78, 5) is 11.4. The van der Waals surface area contributed by atoms with Crippen molar-refractivity contribution >= 4 is 14.4 Å². The van der Waals surface area contributed by atoms with E-state index < -0.39 is 8.53 Å². The van der Waals surface area contributed by atoms with Gasteiger partial charge in [0.15, 0.2) is 0 Å². The average molecular weight is 398 g/mol. The van der Waals surface area contributed by atoms with Crippen LogP contribution in [0.25, 0.3) is 0 Å². The summed E-state index contributed by atoms with van der Waals surface area (Å²) in [5, 5.41) is 11.6. The number of hydrogen-bond acceptors (Lipinski definition) is 5. The maximum absolute atomic E-state index is 11.4. The van der Waals surface area contributed by atoms with Crippen LogP contribution in [-0.4, -0.2) is 42.4 Å². The second kappa shape index (κ2) is 16.9. The van der Waals surface area contributed by atoms with E-state index in [0.717, 1.165) is 25.7 Å². The lowest BCUT2D eigenvalue weighted by atomic mass is 10.2. The van der Waals surface area contributed by atoms with Gasteiger partial charge in [0.2, 0.25) is 5.91 Å². The molecule has 0 aromatic carbocycles. The van der Waals surface area contributed by atoms with Crippen LogP contribution in [0.2, 0.25) is 0 Å². The molecule has 1 unspecified atom stereocenters. The Morgan fingerprint density at radius 2 is 1.78 bits per heavy atom. The van der Waals surface area contributed by atoms with Gasteiger partial charge in [-0.05, 0) is 40.5 Å². The molecule has 0 aromatic rings. The van der Waals surface area contributed by atoms with Crippen LogP contribution in [0.3, 0.4) is 0 Å². The molecule has 0 aliphatic rings. The van der Waals surface area contributed by atoms with E-state index in [1.165, 1.54) is 6.08 Å². The van der Waals surface area contributed by atoms with E-state index in [4.69, 9.17) is 14.3 Å². The highest BCUT2D eigenvalue weighted by atomic mass is 31.2. The molecule has 154 valence electrons. The zero-order valence-corrected chi connectivity index (χ0v) is 18.2. The highest BCUT2D eigenvalue weighted by Crippen LogP contribution is 2.46. The molecule has 0 rings (SSSR count). The highest BCUT2D eigenvalue weighted by Gasteiger charge is 2.26. The zero-order valence-electron chi connectivity index (χ0n) is 17.3. The lowest BCUT2D eigenvalue weighted by molar-refractivity contribution is -0.116. The van der Waals surface area contributed by atoms with Crippen LogP contribution < -0.4 is 5.32 Å². The first-order valence-electron chi connectivity index (χ1n) is 9.72. The summed E-state index contributed by atoms with van der Waals surface area (Å²) in [5.74, 6) is -0.0825. The minimum Gasteiger partial charge on any atom is -0.353 e. The molecule has 0 radical (unpaired) electrons. The Balaban J connectivity index is 4.08. The van der Waals surface area contributed by atoms with Crippen LogP contribution in [-0.2, 0) is 13.8 Å². The molecule has 7 heteroatoms. The molecular weight excluding hydrogens is 361 g/mol. The summed E-state index contributed by atoms with van der Waals surface area (Å²) in [7, 11) is -1.15. The van der Waals surface area contributed by atoms with Gasteiger partial charge in [0.25, 0.3) is 8.53 Å². The summed E-state index contributed by atoms with van der Waals surface area (Å²) in [6.07, 6.45) is 9.05. The molecule has 0 saturated carbocycles. The van der Waals surface area contributed by atoms with E-state index in [2.05, 4.69) is 50.3 Å². The van der Waals surface area contributed by atoms with Crippen molar-refractivity contribution in [2.75, 3.05) is 19.8 Å². The van der Waals surface area contributed by atoms with Crippen molar-refractivity contribution in [1.29, 1.82) is 5.26 Å². The first-order valence-corrected chi connectivity index (χ1v) is 10.8. The van der Waals surface area contributed by atoms with Crippen LogP contribution in [0.15, 0.2) is 24.8 Å². The molecule has 1 N–H and O–H groups in total. The van der Waals surface area contributed by atoms with Gasteiger partial charge in [-0.15, -0.1) is 0 Å². The van der Waals surface area contributed by atoms with E-state index >= 15 is 0 Å². The summed E-state index contributed by atoms with van der Waals surface area (Å²) in [6.45, 7) is 13.8. The second-order valence-electron chi connectivity index (χ2n) is 6.68. The topological polar surface area (TPSA) is 74.6 Å². The third-order valence-electron chi connectivity index (χ3n) is 3.62. The van der Waals surface area contributed by atoms with E-state index in [1.54, 1.807) is 12.2 Å². The van der Waals surface area contributed by atoms with E-state index in [-0.39, 0.29) is 5.91 Å². The van der Waals surface area contributed by atoms with Crippen molar-refractivity contribution in [3.8, 4) is 6.07 Å². The lowest BCUT2D eigenvalue weighted by Crippen LogP contribution is -2.33. The molecule has 27 heavy (non-hydrogen) atoms. The normalized spacial score (nSPS) is 12.7. The monoisotopic (exact) mass is 397 g/mol. The van der Waals surface area contributed by atoms with Gasteiger partial charge in [0, 0.05) is 24.7 Å². The molecule has 0 aliphatic heterocycles. The van der Waals surface area contributed by atoms with Gasteiger partial charge in [-0.2, -0.15) is 5.26 Å². The van der Waals surface area contributed by atoms with Crippen LogP contribution in [0.4, 0.5) is 0 Å². The Morgan fingerprint density at radius 1 is 1.15 bits per heavy atom. The first-order chi connectivity index (χ1) is 12.9. The van der Waals surface area contributed by atoms with E-state index in [9.17, 15) is 4.79 Å². The van der Waals surface area contributed by atoms with Gasteiger partial charge in [0.1, 0.15) is 0 Å². The number of amides is 1. The number of carbonyl (C=O) groups excluding carboxylic acids is 1. The second-order valence-corrected chi connectivity index (χ2v) is 8.13. The predicted molar refractivity (Wildman–Crippen MR) is 112 cm³/mol. The minimum atomic E-state index is -1.15. The number of nitrogens with one attached hydrogen (secondary N) is 1. The molecule has 0 saturated heterocycles. The Hall–Kier alpha value is -1.25. The fourth-order valence-corrected chi connectivity index (χ4v) is 4.09. The molecule has 0 spiro atoms. The Kier molecular flexibility index (Phi) is 16.1. The summed E-state index contributed by atoms with van der Waals surface area (Å²) in [5.41, 5.74) is 0. The van der Waals surface area contributed by atoms with Gasteiger partial charge < -0.3 is 14.4 Å². The fraction of sp³-hybridized carbons (Fsp3) is 0.700. The SMILES string of the molecule is C=C/C=C/C(=O)NCCCCCCOP(OCCC#N)N(C(C)C)C(C)C. The van der Waals surface area contributed by atoms with E-state index in [1.807, 2.05) is 0 Å². The van der Waals surface area contributed by atoms with Gasteiger partial charge in [-0.25, -0.2) is 4.67 Å². The van der Waals surface area contributed by atoms with Crippen molar-refractivity contribution in [2.45, 2.75) is 71.9 Å². The van der Waals surface area contributed by atoms with E-state index in [0.29, 0.717) is 38.3 Å². The molecular formula is C20H36N3O3P. The first kappa shape index (κ1) is 25.8.